The topological polar surface area (TPSA) is 116 Å². The van der Waals surface area contributed by atoms with Gasteiger partial charge in [-0.2, -0.15) is 0 Å². The molecule has 0 heterocycles. The quantitative estimate of drug-likeness (QED) is 0.629. The Balaban J connectivity index is 2.60. The first kappa shape index (κ1) is 15.5. The number of urea groups is 1. The number of benzene rings is 1. The lowest BCUT2D eigenvalue weighted by atomic mass is 10.1. The average Bonchev–Trinajstić information content (AvgIpc) is 2.36. The summed E-state index contributed by atoms with van der Waals surface area (Å²) in [7, 11) is 0. The van der Waals surface area contributed by atoms with Crippen molar-refractivity contribution in [1.29, 1.82) is 0 Å². The first-order valence-corrected chi connectivity index (χ1v) is 5.98. The Hall–Kier alpha value is -2.57. The van der Waals surface area contributed by atoms with Crippen LogP contribution in [0.1, 0.15) is 18.4 Å². The predicted octanol–water partition coefficient (Wildman–Crippen LogP) is 1.43. The van der Waals surface area contributed by atoms with Crippen molar-refractivity contribution in [2.24, 2.45) is 0 Å². The van der Waals surface area contributed by atoms with Crippen molar-refractivity contribution in [3.05, 3.63) is 29.8 Å². The molecule has 0 radical (unpaired) electrons. The third-order valence-electron chi connectivity index (χ3n) is 2.64. The zero-order chi connectivity index (χ0) is 15.1. The van der Waals surface area contributed by atoms with Crippen molar-refractivity contribution >= 4 is 23.7 Å². The second-order valence-corrected chi connectivity index (χ2v) is 4.24. The summed E-state index contributed by atoms with van der Waals surface area (Å²) in [4.78, 5) is 33.0. The zero-order valence-electron chi connectivity index (χ0n) is 10.9. The van der Waals surface area contributed by atoms with Crippen LogP contribution in [0.3, 0.4) is 0 Å². The molecule has 1 aromatic rings. The fourth-order valence-electron chi connectivity index (χ4n) is 1.55. The molecule has 7 nitrogen and oxygen atoms in total. The van der Waals surface area contributed by atoms with Crippen molar-refractivity contribution < 1.29 is 24.6 Å². The van der Waals surface area contributed by atoms with Crippen LogP contribution in [0, 0.1) is 6.92 Å². The Morgan fingerprint density at radius 2 is 1.85 bits per heavy atom. The van der Waals surface area contributed by atoms with E-state index in [0.717, 1.165) is 5.56 Å². The summed E-state index contributed by atoms with van der Waals surface area (Å²) in [6.45, 7) is 1.80. The highest BCUT2D eigenvalue weighted by atomic mass is 16.4. The molecule has 1 rings (SSSR count). The number of aliphatic carboxylic acids is 2. The normalized spacial score (nSPS) is 11.4. The van der Waals surface area contributed by atoms with Gasteiger partial charge in [0.1, 0.15) is 6.04 Å². The molecule has 7 heteroatoms. The molecule has 108 valence electrons. The molecule has 1 aromatic carbocycles. The van der Waals surface area contributed by atoms with Gasteiger partial charge in [-0.1, -0.05) is 18.2 Å². The minimum absolute atomic E-state index is 0.175. The Labute approximate surface area is 115 Å². The molecule has 0 aliphatic heterocycles. The van der Waals surface area contributed by atoms with Gasteiger partial charge in [0.05, 0.1) is 0 Å². The Morgan fingerprint density at radius 3 is 2.40 bits per heavy atom. The van der Waals surface area contributed by atoms with Crippen LogP contribution in [0.2, 0.25) is 0 Å². The van der Waals surface area contributed by atoms with Gasteiger partial charge in [-0.3, -0.25) is 4.79 Å². The highest BCUT2D eigenvalue weighted by Gasteiger charge is 2.21. The molecule has 0 bridgehead atoms. The first-order chi connectivity index (χ1) is 9.40. The molecule has 1 atom stereocenters. The molecule has 0 aromatic heterocycles. The number of carbonyl (C=O) groups is 3. The molecule has 0 fully saturated rings. The Kier molecular flexibility index (Phi) is 5.52. The van der Waals surface area contributed by atoms with E-state index in [1.807, 2.05) is 6.07 Å². The van der Waals surface area contributed by atoms with Gasteiger partial charge in [0.15, 0.2) is 0 Å². The van der Waals surface area contributed by atoms with Crippen molar-refractivity contribution in [3.8, 4) is 0 Å². The maximum Gasteiger partial charge on any atom is 0.326 e. The number of carboxylic acid groups (broad SMARTS) is 2. The van der Waals surface area contributed by atoms with E-state index in [1.54, 1.807) is 25.1 Å². The van der Waals surface area contributed by atoms with Crippen LogP contribution in [-0.4, -0.2) is 34.2 Å². The fourth-order valence-corrected chi connectivity index (χ4v) is 1.55. The number of anilines is 1. The zero-order valence-corrected chi connectivity index (χ0v) is 10.9. The van der Waals surface area contributed by atoms with Crippen molar-refractivity contribution in [2.75, 3.05) is 5.32 Å². The van der Waals surface area contributed by atoms with E-state index in [1.165, 1.54) is 0 Å². The van der Waals surface area contributed by atoms with Gasteiger partial charge in [-0.25, -0.2) is 9.59 Å². The van der Waals surface area contributed by atoms with Crippen LogP contribution < -0.4 is 10.6 Å². The largest absolute Gasteiger partial charge is 0.481 e. The summed E-state index contributed by atoms with van der Waals surface area (Å²) in [5, 5.41) is 22.2. The van der Waals surface area contributed by atoms with Crippen LogP contribution in [0.25, 0.3) is 0 Å². The first-order valence-electron chi connectivity index (χ1n) is 5.98. The van der Waals surface area contributed by atoms with Crippen molar-refractivity contribution in [3.63, 3.8) is 0 Å². The standard InChI is InChI=1S/C13H16N2O5/c1-8-4-2-3-5-9(8)14-13(20)15-10(12(18)19)6-7-11(16)17/h2-5,10H,6-7H2,1H3,(H,16,17)(H,18,19)(H2,14,15,20). The number of hydrogen-bond acceptors (Lipinski definition) is 3. The number of rotatable bonds is 6. The highest BCUT2D eigenvalue weighted by molar-refractivity contribution is 5.92. The van der Waals surface area contributed by atoms with Gasteiger partial charge in [0.25, 0.3) is 0 Å². The fraction of sp³-hybridized carbons (Fsp3) is 0.308. The van der Waals surface area contributed by atoms with Gasteiger partial charge in [0.2, 0.25) is 0 Å². The molecule has 0 saturated heterocycles. The third-order valence-corrected chi connectivity index (χ3v) is 2.64. The maximum atomic E-state index is 11.7. The molecular formula is C13H16N2O5. The highest BCUT2D eigenvalue weighted by Crippen LogP contribution is 2.12. The molecule has 20 heavy (non-hydrogen) atoms. The lowest BCUT2D eigenvalue weighted by Crippen LogP contribution is -2.43. The maximum absolute atomic E-state index is 11.7. The molecule has 0 saturated carbocycles. The van der Waals surface area contributed by atoms with Gasteiger partial charge in [-0.05, 0) is 25.0 Å². The summed E-state index contributed by atoms with van der Waals surface area (Å²) >= 11 is 0. The van der Waals surface area contributed by atoms with E-state index in [0.29, 0.717) is 5.69 Å². The van der Waals surface area contributed by atoms with Crippen LogP contribution in [0.4, 0.5) is 10.5 Å². The summed E-state index contributed by atoms with van der Waals surface area (Å²) in [6.07, 6.45) is -0.506. The van der Waals surface area contributed by atoms with Crippen LogP contribution in [-0.2, 0) is 9.59 Å². The number of carbonyl (C=O) groups excluding carboxylic acids is 1. The van der Waals surface area contributed by atoms with Gasteiger partial charge in [0, 0.05) is 12.1 Å². The van der Waals surface area contributed by atoms with Gasteiger partial charge >= 0.3 is 18.0 Å². The summed E-state index contributed by atoms with van der Waals surface area (Å²) in [5.41, 5.74) is 1.40. The summed E-state index contributed by atoms with van der Waals surface area (Å²) in [5.74, 6) is -2.39. The molecule has 2 amide bonds. The molecule has 1 unspecified atom stereocenters. The van der Waals surface area contributed by atoms with Gasteiger partial charge in [-0.15, -0.1) is 0 Å². The van der Waals surface area contributed by atoms with Crippen molar-refractivity contribution in [2.45, 2.75) is 25.8 Å². The van der Waals surface area contributed by atoms with Crippen molar-refractivity contribution in [1.82, 2.24) is 5.32 Å². The van der Waals surface area contributed by atoms with Gasteiger partial charge < -0.3 is 20.8 Å². The SMILES string of the molecule is Cc1ccccc1NC(=O)NC(CCC(=O)O)C(=O)O. The number of aryl methyl sites for hydroxylation is 1. The van der Waals surface area contributed by atoms with E-state index >= 15 is 0 Å². The summed E-state index contributed by atoms with van der Waals surface area (Å²) < 4.78 is 0. The molecule has 0 spiro atoms. The minimum Gasteiger partial charge on any atom is -0.481 e. The number of para-hydroxylation sites is 1. The predicted molar refractivity (Wildman–Crippen MR) is 71.6 cm³/mol. The Bertz CT molecular complexity index is 515. The second kappa shape index (κ2) is 7.13. The molecule has 4 N–H and O–H groups in total. The van der Waals surface area contributed by atoms with E-state index in [-0.39, 0.29) is 12.8 Å². The number of carboxylic acids is 2. The average molecular weight is 280 g/mol. The smallest absolute Gasteiger partial charge is 0.326 e. The van der Waals surface area contributed by atoms with Crippen LogP contribution in [0.15, 0.2) is 24.3 Å². The van der Waals surface area contributed by atoms with Crippen LogP contribution >= 0.6 is 0 Å². The van der Waals surface area contributed by atoms with Crippen LogP contribution in [0.5, 0.6) is 0 Å². The number of nitrogens with one attached hydrogen (secondary N) is 2. The second-order valence-electron chi connectivity index (χ2n) is 4.24. The lowest BCUT2D eigenvalue weighted by molar-refractivity contribution is -0.140. The van der Waals surface area contributed by atoms with E-state index in [4.69, 9.17) is 10.2 Å². The molecule has 0 aliphatic rings. The Morgan fingerprint density at radius 1 is 1.20 bits per heavy atom. The number of hydrogen-bond donors (Lipinski definition) is 4. The van der Waals surface area contributed by atoms with E-state index in [9.17, 15) is 14.4 Å². The molecular weight excluding hydrogens is 264 g/mol. The number of amides is 2. The lowest BCUT2D eigenvalue weighted by Gasteiger charge is -2.15. The molecule has 0 aliphatic carbocycles. The van der Waals surface area contributed by atoms with E-state index < -0.39 is 24.0 Å². The minimum atomic E-state index is -1.27. The monoisotopic (exact) mass is 280 g/mol. The van der Waals surface area contributed by atoms with E-state index in [2.05, 4.69) is 10.6 Å². The third kappa shape index (κ3) is 4.97. The summed E-state index contributed by atoms with van der Waals surface area (Å²) in [6, 6.07) is 5.11.